The van der Waals surface area contributed by atoms with Gasteiger partial charge in [0.1, 0.15) is 0 Å². The van der Waals surface area contributed by atoms with Crippen LogP contribution in [0, 0.1) is 0 Å². The average Bonchev–Trinajstić information content (AvgIpc) is 3.26. The first-order valence-electron chi connectivity index (χ1n) is 7.56. The number of aromatic nitrogens is 1. The normalized spacial score (nSPS) is 11.1. The first-order chi connectivity index (χ1) is 11.4. The molecule has 0 aliphatic rings. The van der Waals surface area contributed by atoms with E-state index in [0.717, 1.165) is 29.6 Å². The maximum Gasteiger partial charge on any atom is 0.162 e. The van der Waals surface area contributed by atoms with Crippen LogP contribution in [0.15, 0.2) is 70.7 Å². The van der Waals surface area contributed by atoms with Gasteiger partial charge in [-0.05, 0) is 28.5 Å². The van der Waals surface area contributed by atoms with E-state index in [0.29, 0.717) is 0 Å². The van der Waals surface area contributed by atoms with E-state index >= 15 is 0 Å². The maximum atomic E-state index is 5.38. The van der Waals surface area contributed by atoms with Crippen LogP contribution >= 0.6 is 11.3 Å². The van der Waals surface area contributed by atoms with E-state index in [9.17, 15) is 0 Å². The molecule has 23 heavy (non-hydrogen) atoms. The summed E-state index contributed by atoms with van der Waals surface area (Å²) >= 11 is 1.61. The minimum Gasteiger partial charge on any atom is -0.462 e. The smallest absolute Gasteiger partial charge is 0.162 e. The highest BCUT2D eigenvalue weighted by Gasteiger charge is 2.07. The molecule has 0 fully saturated rings. The molecule has 2 aromatic carbocycles. The minimum atomic E-state index is 0.750. The second kappa shape index (κ2) is 6.36. The van der Waals surface area contributed by atoms with Crippen molar-refractivity contribution in [1.29, 1.82) is 0 Å². The van der Waals surface area contributed by atoms with Gasteiger partial charge in [-0.1, -0.05) is 42.5 Å². The zero-order valence-electron chi connectivity index (χ0n) is 12.5. The molecule has 4 rings (SSSR count). The largest absolute Gasteiger partial charge is 0.462 e. The molecule has 0 radical (unpaired) electrons. The Morgan fingerprint density at radius 1 is 0.957 bits per heavy atom. The van der Waals surface area contributed by atoms with Crippen LogP contribution in [-0.2, 0) is 13.1 Å². The van der Waals surface area contributed by atoms with Crippen molar-refractivity contribution in [3.63, 3.8) is 0 Å². The highest BCUT2D eigenvalue weighted by atomic mass is 32.1. The number of hydrogen-bond acceptors (Lipinski definition) is 4. The van der Waals surface area contributed by atoms with Crippen LogP contribution in [0.2, 0.25) is 0 Å². The Balaban J connectivity index is 1.44. The number of thiazole rings is 1. The van der Waals surface area contributed by atoms with Crippen LogP contribution in [0.3, 0.4) is 0 Å². The first-order valence-corrected chi connectivity index (χ1v) is 8.44. The van der Waals surface area contributed by atoms with Crippen LogP contribution in [0.5, 0.6) is 0 Å². The van der Waals surface area contributed by atoms with Crippen molar-refractivity contribution < 1.29 is 4.42 Å². The van der Waals surface area contributed by atoms with Crippen molar-refractivity contribution in [2.24, 2.45) is 0 Å². The number of nitrogens with zero attached hydrogens (tertiary/aromatic N) is 1. The first kappa shape index (κ1) is 14.2. The summed E-state index contributed by atoms with van der Waals surface area (Å²) in [6.07, 6.45) is 1.68. The molecular formula is C19H16N2OS. The summed E-state index contributed by atoms with van der Waals surface area (Å²) in [5.41, 5.74) is 2.35. The minimum absolute atomic E-state index is 0.750. The topological polar surface area (TPSA) is 38.1 Å². The highest BCUT2D eigenvalue weighted by molar-refractivity contribution is 7.13. The van der Waals surface area contributed by atoms with Crippen LogP contribution in [0.4, 0.5) is 0 Å². The lowest BCUT2D eigenvalue weighted by atomic mass is 10.0. The van der Waals surface area contributed by atoms with E-state index in [-0.39, 0.29) is 0 Å². The second-order valence-corrected chi connectivity index (χ2v) is 6.22. The number of benzene rings is 2. The summed E-state index contributed by atoms with van der Waals surface area (Å²) in [4.78, 5) is 4.61. The molecule has 0 aliphatic heterocycles. The van der Waals surface area contributed by atoms with Gasteiger partial charge in [-0.15, -0.1) is 11.3 Å². The summed E-state index contributed by atoms with van der Waals surface area (Å²) in [7, 11) is 0. The quantitative estimate of drug-likeness (QED) is 0.571. The third-order valence-corrected chi connectivity index (χ3v) is 4.69. The Hall–Kier alpha value is -2.43. The van der Waals surface area contributed by atoms with Crippen LogP contribution in [0.25, 0.3) is 21.5 Å². The lowest BCUT2D eigenvalue weighted by Gasteiger charge is -2.07. The predicted octanol–water partition coefficient (Wildman–Crippen LogP) is 4.85. The van der Waals surface area contributed by atoms with Crippen molar-refractivity contribution in [2.75, 3.05) is 0 Å². The molecule has 0 spiro atoms. The fourth-order valence-electron chi connectivity index (χ4n) is 2.67. The molecule has 3 nitrogen and oxygen atoms in total. The monoisotopic (exact) mass is 320 g/mol. The molecule has 2 heterocycles. The van der Waals surface area contributed by atoms with E-state index in [1.54, 1.807) is 17.6 Å². The second-order valence-electron chi connectivity index (χ2n) is 5.36. The maximum absolute atomic E-state index is 5.38. The molecule has 114 valence electrons. The van der Waals surface area contributed by atoms with Crippen molar-refractivity contribution in [2.45, 2.75) is 13.1 Å². The SMILES string of the molecule is c1coc(-c2nc(CNCc3cccc4ccccc34)cs2)c1. The van der Waals surface area contributed by atoms with Gasteiger partial charge in [0.05, 0.1) is 12.0 Å². The van der Waals surface area contributed by atoms with Gasteiger partial charge in [-0.25, -0.2) is 4.98 Å². The number of fused-ring (bicyclic) bond motifs is 1. The summed E-state index contributed by atoms with van der Waals surface area (Å²) < 4.78 is 5.38. The van der Waals surface area contributed by atoms with Gasteiger partial charge in [-0.3, -0.25) is 0 Å². The molecule has 0 atom stereocenters. The van der Waals surface area contributed by atoms with E-state index in [1.807, 2.05) is 12.1 Å². The molecule has 4 heteroatoms. The van der Waals surface area contributed by atoms with E-state index in [2.05, 4.69) is 58.1 Å². The predicted molar refractivity (Wildman–Crippen MR) is 94.3 cm³/mol. The average molecular weight is 320 g/mol. The van der Waals surface area contributed by atoms with Gasteiger partial charge in [0, 0.05) is 18.5 Å². The van der Waals surface area contributed by atoms with E-state index in [4.69, 9.17) is 4.42 Å². The third-order valence-electron chi connectivity index (χ3n) is 3.79. The van der Waals surface area contributed by atoms with Gasteiger partial charge in [-0.2, -0.15) is 0 Å². The van der Waals surface area contributed by atoms with Gasteiger partial charge in [0.2, 0.25) is 0 Å². The zero-order valence-corrected chi connectivity index (χ0v) is 13.3. The van der Waals surface area contributed by atoms with E-state index in [1.165, 1.54) is 16.3 Å². The number of rotatable bonds is 5. The molecule has 2 aromatic heterocycles. The van der Waals surface area contributed by atoms with Crippen LogP contribution < -0.4 is 5.32 Å². The fourth-order valence-corrected chi connectivity index (χ4v) is 3.46. The number of nitrogens with one attached hydrogen (secondary N) is 1. The van der Waals surface area contributed by atoms with Crippen molar-refractivity contribution in [3.8, 4) is 10.8 Å². The summed E-state index contributed by atoms with van der Waals surface area (Å²) in [5, 5.41) is 9.07. The molecule has 0 saturated carbocycles. The fraction of sp³-hybridized carbons (Fsp3) is 0.105. The Morgan fingerprint density at radius 3 is 2.78 bits per heavy atom. The Bertz CT molecular complexity index is 907. The standard InChI is InChI=1S/C19H16N2OS/c1-2-8-17-14(5-1)6-3-7-15(17)11-20-12-16-13-23-19(21-16)18-9-4-10-22-18/h1-10,13,20H,11-12H2. The van der Waals surface area contributed by atoms with E-state index < -0.39 is 0 Å². The van der Waals surface area contributed by atoms with Crippen LogP contribution in [0.1, 0.15) is 11.3 Å². The molecule has 0 saturated heterocycles. The summed E-state index contributed by atoms with van der Waals surface area (Å²) in [6, 6.07) is 18.7. The lowest BCUT2D eigenvalue weighted by molar-refractivity contribution is 0.581. The molecule has 0 bridgehead atoms. The van der Waals surface area contributed by atoms with Gasteiger partial charge in [0.15, 0.2) is 10.8 Å². The van der Waals surface area contributed by atoms with Gasteiger partial charge in [0.25, 0.3) is 0 Å². The summed E-state index contributed by atoms with van der Waals surface area (Å²) in [5.74, 6) is 0.829. The molecular weight excluding hydrogens is 304 g/mol. The molecule has 0 aliphatic carbocycles. The number of hydrogen-bond donors (Lipinski definition) is 1. The van der Waals surface area contributed by atoms with Gasteiger partial charge >= 0.3 is 0 Å². The lowest BCUT2D eigenvalue weighted by Crippen LogP contribution is -2.13. The van der Waals surface area contributed by atoms with Crippen molar-refractivity contribution in [3.05, 3.63) is 77.5 Å². The highest BCUT2D eigenvalue weighted by Crippen LogP contribution is 2.24. The zero-order chi connectivity index (χ0) is 15.5. The van der Waals surface area contributed by atoms with Crippen molar-refractivity contribution in [1.82, 2.24) is 10.3 Å². The molecule has 1 N–H and O–H groups in total. The molecule has 0 unspecified atom stereocenters. The Morgan fingerprint density at radius 2 is 1.87 bits per heavy atom. The Labute approximate surface area is 138 Å². The van der Waals surface area contributed by atoms with Crippen molar-refractivity contribution >= 4 is 22.1 Å². The summed E-state index contributed by atoms with van der Waals surface area (Å²) in [6.45, 7) is 1.58. The molecule has 4 aromatic rings. The number of furan rings is 1. The third kappa shape index (κ3) is 3.04. The molecule has 0 amide bonds. The van der Waals surface area contributed by atoms with Crippen LogP contribution in [-0.4, -0.2) is 4.98 Å². The Kier molecular flexibility index (Phi) is 3.92. The van der Waals surface area contributed by atoms with Gasteiger partial charge < -0.3 is 9.73 Å².